The van der Waals surface area contributed by atoms with Crippen molar-refractivity contribution < 1.29 is 0 Å². The normalized spacial score (nSPS) is 14.1. The lowest BCUT2D eigenvalue weighted by Gasteiger charge is -2.31. The summed E-state index contributed by atoms with van der Waals surface area (Å²) in [7, 11) is 0. The van der Waals surface area contributed by atoms with E-state index >= 15 is 0 Å². The van der Waals surface area contributed by atoms with Crippen LogP contribution in [-0.4, -0.2) is 21.6 Å². The van der Waals surface area contributed by atoms with Crippen molar-refractivity contribution in [1.82, 2.24) is 15.1 Å². The molecule has 0 saturated carbocycles. The van der Waals surface area contributed by atoms with Crippen LogP contribution in [0.3, 0.4) is 0 Å². The topological polar surface area (TPSA) is 44.0 Å². The fraction of sp³-hybridized carbons (Fsp3) is 0.278. The van der Waals surface area contributed by atoms with E-state index in [1.807, 2.05) is 24.3 Å². The maximum atomic E-state index is 6.03. The average Bonchev–Trinajstić information content (AvgIpc) is 2.95. The number of anilines is 1. The van der Waals surface area contributed by atoms with Crippen molar-refractivity contribution in [2.75, 3.05) is 11.9 Å². The van der Waals surface area contributed by atoms with Crippen LogP contribution in [0.5, 0.6) is 0 Å². The number of rotatable bonds is 5. The highest BCUT2D eigenvalue weighted by Crippen LogP contribution is 2.25. The van der Waals surface area contributed by atoms with Gasteiger partial charge in [-0.25, -0.2) is 0 Å². The predicted molar refractivity (Wildman–Crippen MR) is 96.2 cm³/mol. The van der Waals surface area contributed by atoms with Gasteiger partial charge in [-0.05, 0) is 30.7 Å². The Labute approximate surface area is 141 Å². The highest BCUT2D eigenvalue weighted by Gasteiger charge is 2.21. The third-order valence-electron chi connectivity index (χ3n) is 3.97. The smallest absolute Gasteiger partial charge is 0.0986 e. The maximum absolute atomic E-state index is 6.03. The molecule has 3 rings (SSSR count). The number of halogens is 1. The first-order chi connectivity index (χ1) is 11.2. The number of allylic oxidation sites excluding steroid dienone is 1. The van der Waals surface area contributed by atoms with Crippen molar-refractivity contribution in [3.05, 3.63) is 64.7 Å². The summed E-state index contributed by atoms with van der Waals surface area (Å²) in [6.07, 6.45) is 6.17. The SMILES string of the molecule is C=C(Nc1cccc(Cl)c1)N1CCc2[nH]nc(/C=C/CC)c2C1. The average molecular weight is 329 g/mol. The Kier molecular flexibility index (Phi) is 4.72. The minimum Gasteiger partial charge on any atom is -0.354 e. The van der Waals surface area contributed by atoms with Gasteiger partial charge in [-0.3, -0.25) is 5.10 Å². The van der Waals surface area contributed by atoms with Gasteiger partial charge in [0.25, 0.3) is 0 Å². The summed E-state index contributed by atoms with van der Waals surface area (Å²) in [6, 6.07) is 7.67. The van der Waals surface area contributed by atoms with Crippen LogP contribution in [-0.2, 0) is 13.0 Å². The Balaban J connectivity index is 1.72. The number of aromatic nitrogens is 2. The lowest BCUT2D eigenvalue weighted by molar-refractivity contribution is 0.325. The molecule has 2 N–H and O–H groups in total. The number of fused-ring (bicyclic) bond motifs is 1. The van der Waals surface area contributed by atoms with E-state index in [1.165, 1.54) is 11.3 Å². The molecule has 0 aliphatic carbocycles. The van der Waals surface area contributed by atoms with Crippen LogP contribution in [0.4, 0.5) is 5.69 Å². The van der Waals surface area contributed by atoms with Gasteiger partial charge in [0.15, 0.2) is 0 Å². The Bertz CT molecular complexity index is 732. The number of aromatic amines is 1. The van der Waals surface area contributed by atoms with Gasteiger partial charge in [0.05, 0.1) is 11.5 Å². The van der Waals surface area contributed by atoms with Gasteiger partial charge in [-0.1, -0.05) is 37.2 Å². The summed E-state index contributed by atoms with van der Waals surface area (Å²) in [6.45, 7) is 8.02. The first-order valence-corrected chi connectivity index (χ1v) is 8.24. The zero-order valence-electron chi connectivity index (χ0n) is 13.3. The van der Waals surface area contributed by atoms with E-state index in [9.17, 15) is 0 Å². The molecule has 0 unspecified atom stereocenters. The second-order valence-corrected chi connectivity index (χ2v) is 6.07. The maximum Gasteiger partial charge on any atom is 0.0986 e. The second kappa shape index (κ2) is 6.92. The van der Waals surface area contributed by atoms with Crippen LogP contribution in [0, 0.1) is 0 Å². The lowest BCUT2D eigenvalue weighted by atomic mass is 10.0. The van der Waals surface area contributed by atoms with Gasteiger partial charge < -0.3 is 10.2 Å². The molecule has 0 bridgehead atoms. The molecule has 1 aromatic heterocycles. The van der Waals surface area contributed by atoms with E-state index < -0.39 is 0 Å². The predicted octanol–water partition coefficient (Wildman–Crippen LogP) is 4.43. The minimum atomic E-state index is 0.713. The fourth-order valence-corrected chi connectivity index (χ4v) is 2.92. The number of nitrogens with zero attached hydrogens (tertiary/aromatic N) is 2. The number of hydrogen-bond acceptors (Lipinski definition) is 3. The van der Waals surface area contributed by atoms with Crippen LogP contribution in [0.15, 0.2) is 42.7 Å². The van der Waals surface area contributed by atoms with Crippen molar-refractivity contribution in [3.63, 3.8) is 0 Å². The summed E-state index contributed by atoms with van der Waals surface area (Å²) < 4.78 is 0. The molecular formula is C18H21ClN4. The quantitative estimate of drug-likeness (QED) is 0.853. The largest absolute Gasteiger partial charge is 0.354 e. The molecule has 1 aliphatic rings. The van der Waals surface area contributed by atoms with Crippen LogP contribution >= 0.6 is 11.6 Å². The Hall–Kier alpha value is -2.20. The van der Waals surface area contributed by atoms with E-state index in [0.717, 1.165) is 43.1 Å². The van der Waals surface area contributed by atoms with E-state index in [-0.39, 0.29) is 0 Å². The number of hydrogen-bond donors (Lipinski definition) is 2. The molecule has 120 valence electrons. The molecule has 5 heteroatoms. The van der Waals surface area contributed by atoms with Crippen LogP contribution in [0.25, 0.3) is 6.08 Å². The van der Waals surface area contributed by atoms with Crippen molar-refractivity contribution in [1.29, 1.82) is 0 Å². The van der Waals surface area contributed by atoms with Crippen molar-refractivity contribution in [2.24, 2.45) is 0 Å². The molecule has 4 nitrogen and oxygen atoms in total. The lowest BCUT2D eigenvalue weighted by Crippen LogP contribution is -2.32. The molecule has 2 heterocycles. The van der Waals surface area contributed by atoms with Crippen LogP contribution in [0.2, 0.25) is 5.02 Å². The van der Waals surface area contributed by atoms with Crippen LogP contribution < -0.4 is 5.32 Å². The molecule has 0 spiro atoms. The van der Waals surface area contributed by atoms with Gasteiger partial charge in [0, 0.05) is 41.5 Å². The third kappa shape index (κ3) is 3.59. The van der Waals surface area contributed by atoms with Gasteiger partial charge >= 0.3 is 0 Å². The molecule has 0 atom stereocenters. The zero-order valence-corrected chi connectivity index (χ0v) is 14.0. The van der Waals surface area contributed by atoms with E-state index in [1.54, 1.807) is 0 Å². The molecular weight excluding hydrogens is 308 g/mol. The van der Waals surface area contributed by atoms with Gasteiger partial charge in [0.2, 0.25) is 0 Å². The number of nitrogens with one attached hydrogen (secondary N) is 2. The highest BCUT2D eigenvalue weighted by molar-refractivity contribution is 6.30. The molecule has 1 aromatic carbocycles. The van der Waals surface area contributed by atoms with Crippen molar-refractivity contribution >= 4 is 23.4 Å². The molecule has 2 aromatic rings. The van der Waals surface area contributed by atoms with Gasteiger partial charge in [-0.2, -0.15) is 5.10 Å². The van der Waals surface area contributed by atoms with E-state index in [4.69, 9.17) is 11.6 Å². The van der Waals surface area contributed by atoms with Crippen LogP contribution in [0.1, 0.15) is 30.3 Å². The Morgan fingerprint density at radius 3 is 3.17 bits per heavy atom. The van der Waals surface area contributed by atoms with E-state index in [0.29, 0.717) is 5.02 Å². The minimum absolute atomic E-state index is 0.713. The Morgan fingerprint density at radius 2 is 2.39 bits per heavy atom. The van der Waals surface area contributed by atoms with Gasteiger partial charge in [0.1, 0.15) is 0 Å². The summed E-state index contributed by atoms with van der Waals surface area (Å²) in [4.78, 5) is 2.24. The highest BCUT2D eigenvalue weighted by atomic mass is 35.5. The number of benzene rings is 1. The summed E-state index contributed by atoms with van der Waals surface area (Å²) in [5.41, 5.74) is 4.47. The summed E-state index contributed by atoms with van der Waals surface area (Å²) in [5, 5.41) is 11.6. The molecule has 1 aliphatic heterocycles. The Morgan fingerprint density at radius 1 is 1.52 bits per heavy atom. The first kappa shape index (κ1) is 15.7. The molecule has 0 saturated heterocycles. The molecule has 0 amide bonds. The van der Waals surface area contributed by atoms with E-state index in [2.05, 4.69) is 46.1 Å². The summed E-state index contributed by atoms with van der Waals surface area (Å²) in [5.74, 6) is 0.879. The fourth-order valence-electron chi connectivity index (χ4n) is 2.73. The standard InChI is InChI=1S/C18H21ClN4/c1-3-4-8-17-16-12-23(10-9-18(16)22-21-17)13(2)20-15-7-5-6-14(19)11-15/h4-8,11,20H,2-3,9-10,12H2,1H3,(H,21,22)/b8-4+. The van der Waals surface area contributed by atoms with Crippen molar-refractivity contribution in [3.8, 4) is 0 Å². The first-order valence-electron chi connectivity index (χ1n) is 7.86. The number of H-pyrrole nitrogens is 1. The zero-order chi connectivity index (χ0) is 16.2. The molecule has 23 heavy (non-hydrogen) atoms. The third-order valence-corrected chi connectivity index (χ3v) is 4.21. The van der Waals surface area contributed by atoms with Crippen molar-refractivity contribution in [2.45, 2.75) is 26.3 Å². The molecule has 0 fully saturated rings. The van der Waals surface area contributed by atoms with Gasteiger partial charge in [-0.15, -0.1) is 0 Å². The second-order valence-electron chi connectivity index (χ2n) is 5.63. The monoisotopic (exact) mass is 328 g/mol. The molecule has 0 radical (unpaired) electrons. The summed E-state index contributed by atoms with van der Waals surface area (Å²) >= 11 is 6.03.